The van der Waals surface area contributed by atoms with Crippen LogP contribution in [0.4, 0.5) is 5.69 Å². The highest BCUT2D eigenvalue weighted by Crippen LogP contribution is 2.32. The number of thiophene rings is 1. The molecule has 2 aromatic heterocycles. The van der Waals surface area contributed by atoms with Crippen molar-refractivity contribution in [3.63, 3.8) is 0 Å². The molecule has 2 rings (SSSR count). The van der Waals surface area contributed by atoms with E-state index < -0.39 is 0 Å². The third-order valence-electron chi connectivity index (χ3n) is 1.72. The number of hydrogen-bond acceptors (Lipinski definition) is 4. The Hall–Kier alpha value is -0.790. The van der Waals surface area contributed by atoms with Crippen LogP contribution in [0.5, 0.6) is 0 Å². The van der Waals surface area contributed by atoms with Gasteiger partial charge in [-0.15, -0.1) is 11.3 Å². The maximum Gasteiger partial charge on any atom is 0.257 e. The largest absolute Gasteiger partial charge is 0.319 e. The molecule has 1 N–H and O–H groups in total. The van der Waals surface area contributed by atoms with Gasteiger partial charge in [0.05, 0.1) is 31.2 Å². The summed E-state index contributed by atoms with van der Waals surface area (Å²) < 4.78 is 1.68. The van der Waals surface area contributed by atoms with E-state index in [2.05, 4.69) is 47.1 Å². The number of carbonyl (C=O) groups is 1. The normalized spacial score (nSPS) is 10.1. The first-order chi connectivity index (χ1) is 7.66. The molecule has 0 spiro atoms. The van der Waals surface area contributed by atoms with Gasteiger partial charge in [0, 0.05) is 0 Å². The van der Waals surface area contributed by atoms with Gasteiger partial charge in [0.15, 0.2) is 0 Å². The molecule has 2 aromatic rings. The van der Waals surface area contributed by atoms with Gasteiger partial charge in [-0.05, 0) is 37.9 Å². The molecule has 7 heteroatoms. The fourth-order valence-corrected chi connectivity index (χ4v) is 3.85. The lowest BCUT2D eigenvalue weighted by Gasteiger charge is -2.02. The van der Waals surface area contributed by atoms with Crippen LogP contribution in [0, 0.1) is 0 Å². The van der Waals surface area contributed by atoms with Gasteiger partial charge in [-0.1, -0.05) is 0 Å². The van der Waals surface area contributed by atoms with Crippen molar-refractivity contribution in [2.24, 2.45) is 0 Å². The number of nitrogens with one attached hydrogen (secondary N) is 1. The van der Waals surface area contributed by atoms with Crippen LogP contribution in [0.3, 0.4) is 0 Å². The Kier molecular flexibility index (Phi) is 3.67. The third-order valence-corrected chi connectivity index (χ3v) is 4.06. The highest BCUT2D eigenvalue weighted by molar-refractivity contribution is 9.12. The summed E-state index contributed by atoms with van der Waals surface area (Å²) in [6, 6.07) is 1.76. The quantitative estimate of drug-likeness (QED) is 0.891. The molecule has 0 saturated carbocycles. The molecule has 0 unspecified atom stereocenters. The van der Waals surface area contributed by atoms with Gasteiger partial charge in [-0.2, -0.15) is 0 Å². The van der Waals surface area contributed by atoms with E-state index in [1.807, 2.05) is 0 Å². The summed E-state index contributed by atoms with van der Waals surface area (Å²) in [4.78, 5) is 19.5. The molecule has 2 heterocycles. The zero-order valence-electron chi connectivity index (χ0n) is 7.78. The zero-order chi connectivity index (χ0) is 11.5. The Morgan fingerprint density at radius 1 is 1.31 bits per heavy atom. The van der Waals surface area contributed by atoms with Gasteiger partial charge >= 0.3 is 0 Å². The van der Waals surface area contributed by atoms with Crippen molar-refractivity contribution in [3.8, 4) is 0 Å². The maximum absolute atomic E-state index is 11.8. The molecule has 0 aliphatic heterocycles. The Morgan fingerprint density at radius 3 is 2.56 bits per heavy atom. The number of halogens is 2. The number of anilines is 1. The fraction of sp³-hybridized carbons (Fsp3) is 0. The van der Waals surface area contributed by atoms with Gasteiger partial charge in [0.2, 0.25) is 0 Å². The molecular weight excluding hydrogens is 358 g/mol. The SMILES string of the molecule is O=C(Nc1cncnc1)c1cc(Br)sc1Br. The molecule has 0 aliphatic carbocycles. The second kappa shape index (κ2) is 5.03. The minimum atomic E-state index is -0.191. The zero-order valence-corrected chi connectivity index (χ0v) is 11.8. The van der Waals surface area contributed by atoms with Crippen LogP contribution in [0.15, 0.2) is 32.4 Å². The summed E-state index contributed by atoms with van der Waals surface area (Å²) in [6.45, 7) is 0. The number of nitrogens with zero attached hydrogens (tertiary/aromatic N) is 2. The van der Waals surface area contributed by atoms with E-state index in [0.29, 0.717) is 11.3 Å². The van der Waals surface area contributed by atoms with Crippen molar-refractivity contribution in [3.05, 3.63) is 37.9 Å². The molecule has 16 heavy (non-hydrogen) atoms. The Labute approximate surface area is 112 Å². The highest BCUT2D eigenvalue weighted by Gasteiger charge is 2.13. The van der Waals surface area contributed by atoms with E-state index in [4.69, 9.17) is 0 Å². The number of hydrogen-bond donors (Lipinski definition) is 1. The van der Waals surface area contributed by atoms with Crippen LogP contribution in [0.2, 0.25) is 0 Å². The molecule has 0 fully saturated rings. The first-order valence-corrected chi connectivity index (χ1v) is 6.58. The lowest BCUT2D eigenvalue weighted by molar-refractivity contribution is 0.102. The monoisotopic (exact) mass is 361 g/mol. The van der Waals surface area contributed by atoms with Crippen LogP contribution in [-0.4, -0.2) is 15.9 Å². The third kappa shape index (κ3) is 2.66. The smallest absolute Gasteiger partial charge is 0.257 e. The molecule has 0 aromatic carbocycles. The molecular formula is C9H5Br2N3OS. The number of carbonyl (C=O) groups excluding carboxylic acids is 1. The van der Waals surface area contributed by atoms with E-state index in [0.717, 1.165) is 7.57 Å². The van der Waals surface area contributed by atoms with Crippen molar-refractivity contribution < 1.29 is 4.79 Å². The lowest BCUT2D eigenvalue weighted by Crippen LogP contribution is -2.11. The number of amides is 1. The van der Waals surface area contributed by atoms with Crippen molar-refractivity contribution in [2.75, 3.05) is 5.32 Å². The summed E-state index contributed by atoms with van der Waals surface area (Å²) in [6.07, 6.45) is 4.49. The predicted octanol–water partition coefficient (Wildman–Crippen LogP) is 3.32. The molecule has 4 nitrogen and oxygen atoms in total. The van der Waals surface area contributed by atoms with Crippen LogP contribution < -0.4 is 5.32 Å². The van der Waals surface area contributed by atoms with E-state index in [1.54, 1.807) is 18.5 Å². The maximum atomic E-state index is 11.8. The van der Waals surface area contributed by atoms with Crippen molar-refractivity contribution in [1.82, 2.24) is 9.97 Å². The molecule has 0 atom stereocenters. The summed E-state index contributed by atoms with van der Waals surface area (Å²) in [5.41, 5.74) is 1.16. The molecule has 0 saturated heterocycles. The summed E-state index contributed by atoms with van der Waals surface area (Å²) >= 11 is 8.10. The summed E-state index contributed by atoms with van der Waals surface area (Å²) in [5, 5.41) is 2.70. The molecule has 0 radical (unpaired) electrons. The van der Waals surface area contributed by atoms with Crippen LogP contribution in [0.25, 0.3) is 0 Å². The van der Waals surface area contributed by atoms with E-state index in [9.17, 15) is 4.79 Å². The first-order valence-electron chi connectivity index (χ1n) is 4.18. The molecule has 0 bridgehead atoms. The standard InChI is InChI=1S/C9H5Br2N3OS/c10-7-1-6(8(11)16-7)9(15)14-5-2-12-4-13-3-5/h1-4H,(H,14,15). The van der Waals surface area contributed by atoms with Gasteiger partial charge < -0.3 is 5.32 Å². The van der Waals surface area contributed by atoms with Crippen molar-refractivity contribution >= 4 is 54.8 Å². The van der Waals surface area contributed by atoms with E-state index in [-0.39, 0.29) is 5.91 Å². The van der Waals surface area contributed by atoms with Gasteiger partial charge in [-0.3, -0.25) is 4.79 Å². The van der Waals surface area contributed by atoms with Crippen molar-refractivity contribution in [2.45, 2.75) is 0 Å². The Bertz CT molecular complexity index is 515. The van der Waals surface area contributed by atoms with Crippen LogP contribution in [-0.2, 0) is 0 Å². The molecule has 0 aliphatic rings. The molecule has 82 valence electrons. The van der Waals surface area contributed by atoms with Gasteiger partial charge in [-0.25, -0.2) is 9.97 Å². The molecule has 1 amide bonds. The average molecular weight is 363 g/mol. The number of aromatic nitrogens is 2. The van der Waals surface area contributed by atoms with E-state index >= 15 is 0 Å². The first kappa shape index (κ1) is 11.7. The van der Waals surface area contributed by atoms with Crippen LogP contribution >= 0.6 is 43.2 Å². The summed E-state index contributed by atoms with van der Waals surface area (Å²) in [5.74, 6) is -0.191. The highest BCUT2D eigenvalue weighted by atomic mass is 79.9. The topological polar surface area (TPSA) is 54.9 Å². The Balaban J connectivity index is 2.18. The fourth-order valence-electron chi connectivity index (χ4n) is 1.06. The number of rotatable bonds is 2. The second-order valence-corrected chi connectivity index (χ2v) is 6.57. The summed E-state index contributed by atoms with van der Waals surface area (Å²) in [7, 11) is 0. The Morgan fingerprint density at radius 2 is 2.00 bits per heavy atom. The predicted molar refractivity (Wildman–Crippen MR) is 69.7 cm³/mol. The lowest BCUT2D eigenvalue weighted by atomic mass is 10.3. The van der Waals surface area contributed by atoms with Crippen LogP contribution in [0.1, 0.15) is 10.4 Å². The van der Waals surface area contributed by atoms with E-state index in [1.165, 1.54) is 17.7 Å². The minimum absolute atomic E-state index is 0.191. The minimum Gasteiger partial charge on any atom is -0.319 e. The van der Waals surface area contributed by atoms with Crippen molar-refractivity contribution in [1.29, 1.82) is 0 Å². The average Bonchev–Trinajstić information content (AvgIpc) is 2.59. The van der Waals surface area contributed by atoms with Gasteiger partial charge in [0.25, 0.3) is 5.91 Å². The van der Waals surface area contributed by atoms with Gasteiger partial charge in [0.1, 0.15) is 6.33 Å². The second-order valence-electron chi connectivity index (χ2n) is 2.82.